The zero-order valence-corrected chi connectivity index (χ0v) is 21.3. The number of hydrogen-bond acceptors (Lipinski definition) is 2. The number of aliphatic hydroxyl groups is 2. The van der Waals surface area contributed by atoms with Gasteiger partial charge in [0.15, 0.2) is 0 Å². The Labute approximate surface area is 191 Å². The van der Waals surface area contributed by atoms with Gasteiger partial charge in [-0.25, -0.2) is 0 Å². The SMILES string of the molecule is CCCCCCCCCCCCCCCCCCCCO.CCCCCCCCO. The van der Waals surface area contributed by atoms with Crippen molar-refractivity contribution >= 4 is 0 Å². The van der Waals surface area contributed by atoms with Crippen LogP contribution in [0.5, 0.6) is 0 Å². The minimum atomic E-state index is 0.367. The van der Waals surface area contributed by atoms with Crippen molar-refractivity contribution in [1.82, 2.24) is 0 Å². The molecule has 0 rings (SSSR count). The van der Waals surface area contributed by atoms with E-state index in [9.17, 15) is 0 Å². The van der Waals surface area contributed by atoms with Crippen molar-refractivity contribution in [2.45, 2.75) is 168 Å². The van der Waals surface area contributed by atoms with Crippen LogP contribution in [-0.4, -0.2) is 23.4 Å². The van der Waals surface area contributed by atoms with Gasteiger partial charge in [0.2, 0.25) is 0 Å². The van der Waals surface area contributed by atoms with Crippen molar-refractivity contribution in [3.63, 3.8) is 0 Å². The van der Waals surface area contributed by atoms with E-state index in [1.807, 2.05) is 0 Å². The molecular formula is C28H60O2. The van der Waals surface area contributed by atoms with E-state index in [1.165, 1.54) is 141 Å². The molecule has 0 aliphatic heterocycles. The molecule has 0 unspecified atom stereocenters. The van der Waals surface area contributed by atoms with Crippen LogP contribution in [0.25, 0.3) is 0 Å². The quantitative estimate of drug-likeness (QED) is 0.150. The van der Waals surface area contributed by atoms with Crippen molar-refractivity contribution < 1.29 is 10.2 Å². The van der Waals surface area contributed by atoms with Crippen molar-refractivity contribution in [2.75, 3.05) is 13.2 Å². The smallest absolute Gasteiger partial charge is 0.0431 e. The molecule has 0 aliphatic rings. The van der Waals surface area contributed by atoms with E-state index in [-0.39, 0.29) is 0 Å². The average molecular weight is 429 g/mol. The summed E-state index contributed by atoms with van der Waals surface area (Å²) in [6, 6.07) is 0. The van der Waals surface area contributed by atoms with Gasteiger partial charge < -0.3 is 10.2 Å². The molecule has 0 fully saturated rings. The maximum Gasteiger partial charge on any atom is 0.0431 e. The maximum absolute atomic E-state index is 8.69. The standard InChI is InChI=1S/C20H42O.C8H18O/c1-2-3-4-5-6-7-8-9-10-11-12-13-14-15-16-17-18-19-20-21;1-2-3-4-5-6-7-8-9/h21H,2-20H2,1H3;9H,2-8H2,1H3. The molecule has 0 radical (unpaired) electrons. The van der Waals surface area contributed by atoms with Gasteiger partial charge in [-0.15, -0.1) is 0 Å². The summed E-state index contributed by atoms with van der Waals surface area (Å²) in [6.45, 7) is 5.24. The molecule has 0 spiro atoms. The first kappa shape index (κ1) is 32.1. The second kappa shape index (κ2) is 33.6. The highest BCUT2D eigenvalue weighted by Crippen LogP contribution is 2.14. The van der Waals surface area contributed by atoms with Gasteiger partial charge in [-0.2, -0.15) is 0 Å². The van der Waals surface area contributed by atoms with Gasteiger partial charge in [0.25, 0.3) is 0 Å². The highest BCUT2D eigenvalue weighted by atomic mass is 16.3. The summed E-state index contributed by atoms with van der Waals surface area (Å²) in [5, 5.41) is 17.1. The van der Waals surface area contributed by atoms with Crippen LogP contribution in [0.1, 0.15) is 168 Å². The molecule has 0 aromatic heterocycles. The molecule has 0 aliphatic carbocycles. The molecule has 184 valence electrons. The second-order valence-corrected chi connectivity index (χ2v) is 9.23. The summed E-state index contributed by atoms with van der Waals surface area (Å²) in [6.07, 6.45) is 32.6. The summed E-state index contributed by atoms with van der Waals surface area (Å²) in [5.41, 5.74) is 0. The summed E-state index contributed by atoms with van der Waals surface area (Å²) in [7, 11) is 0. The van der Waals surface area contributed by atoms with E-state index in [0.717, 1.165) is 12.8 Å². The summed E-state index contributed by atoms with van der Waals surface area (Å²) in [5.74, 6) is 0. The summed E-state index contributed by atoms with van der Waals surface area (Å²) >= 11 is 0. The fourth-order valence-corrected chi connectivity index (χ4v) is 3.91. The fourth-order valence-electron chi connectivity index (χ4n) is 3.91. The minimum Gasteiger partial charge on any atom is -0.396 e. The number of aliphatic hydroxyl groups excluding tert-OH is 2. The minimum absolute atomic E-state index is 0.367. The molecule has 2 heteroatoms. The first-order chi connectivity index (χ1) is 14.8. The van der Waals surface area contributed by atoms with Crippen LogP contribution in [0.2, 0.25) is 0 Å². The fraction of sp³-hybridized carbons (Fsp3) is 1.00. The van der Waals surface area contributed by atoms with Crippen LogP contribution in [0.4, 0.5) is 0 Å². The molecule has 2 nitrogen and oxygen atoms in total. The Balaban J connectivity index is 0. The van der Waals surface area contributed by atoms with Crippen molar-refractivity contribution in [3.8, 4) is 0 Å². The largest absolute Gasteiger partial charge is 0.396 e. The third-order valence-corrected chi connectivity index (χ3v) is 6.02. The first-order valence-corrected chi connectivity index (χ1v) is 14.0. The zero-order valence-electron chi connectivity index (χ0n) is 21.3. The van der Waals surface area contributed by atoms with Crippen LogP contribution in [0.15, 0.2) is 0 Å². The molecule has 0 saturated heterocycles. The third-order valence-electron chi connectivity index (χ3n) is 6.02. The predicted molar refractivity (Wildman–Crippen MR) is 136 cm³/mol. The van der Waals surface area contributed by atoms with Crippen LogP contribution >= 0.6 is 0 Å². The number of unbranched alkanes of at least 4 members (excludes halogenated alkanes) is 22. The van der Waals surface area contributed by atoms with E-state index in [2.05, 4.69) is 13.8 Å². The Morgan fingerprint density at radius 2 is 0.433 bits per heavy atom. The van der Waals surface area contributed by atoms with Crippen molar-refractivity contribution in [3.05, 3.63) is 0 Å². The normalized spacial score (nSPS) is 10.8. The monoisotopic (exact) mass is 428 g/mol. The lowest BCUT2D eigenvalue weighted by Gasteiger charge is -2.03. The average Bonchev–Trinajstić information content (AvgIpc) is 2.76. The molecule has 0 saturated carbocycles. The first-order valence-electron chi connectivity index (χ1n) is 14.0. The van der Waals surface area contributed by atoms with Gasteiger partial charge in [-0.1, -0.05) is 155 Å². The molecule has 0 heterocycles. The molecule has 0 atom stereocenters. The van der Waals surface area contributed by atoms with E-state index >= 15 is 0 Å². The predicted octanol–water partition coefficient (Wildman–Crippen LogP) is 9.36. The lowest BCUT2D eigenvalue weighted by Crippen LogP contribution is -1.85. The van der Waals surface area contributed by atoms with Crippen LogP contribution in [0, 0.1) is 0 Å². The van der Waals surface area contributed by atoms with Crippen LogP contribution in [-0.2, 0) is 0 Å². The van der Waals surface area contributed by atoms with Crippen LogP contribution < -0.4 is 0 Å². The second-order valence-electron chi connectivity index (χ2n) is 9.23. The Kier molecular flexibility index (Phi) is 35.9. The molecule has 30 heavy (non-hydrogen) atoms. The van der Waals surface area contributed by atoms with Crippen molar-refractivity contribution in [2.24, 2.45) is 0 Å². The number of hydrogen-bond donors (Lipinski definition) is 2. The molecule has 0 amide bonds. The lowest BCUT2D eigenvalue weighted by molar-refractivity contribution is 0.282. The van der Waals surface area contributed by atoms with E-state index in [0.29, 0.717) is 13.2 Å². The Hall–Kier alpha value is -0.0800. The Bertz CT molecular complexity index is 231. The van der Waals surface area contributed by atoms with Gasteiger partial charge in [0, 0.05) is 13.2 Å². The van der Waals surface area contributed by atoms with Crippen LogP contribution in [0.3, 0.4) is 0 Å². The van der Waals surface area contributed by atoms with Gasteiger partial charge in [0.1, 0.15) is 0 Å². The Morgan fingerprint density at radius 1 is 0.267 bits per heavy atom. The molecule has 0 bridgehead atoms. The highest BCUT2D eigenvalue weighted by molar-refractivity contribution is 4.50. The summed E-state index contributed by atoms with van der Waals surface area (Å²) < 4.78 is 0. The summed E-state index contributed by atoms with van der Waals surface area (Å²) in [4.78, 5) is 0. The molecular weight excluding hydrogens is 368 g/mol. The van der Waals surface area contributed by atoms with Crippen molar-refractivity contribution in [1.29, 1.82) is 0 Å². The topological polar surface area (TPSA) is 40.5 Å². The molecule has 0 aromatic carbocycles. The van der Waals surface area contributed by atoms with Gasteiger partial charge in [0.05, 0.1) is 0 Å². The number of rotatable bonds is 24. The van der Waals surface area contributed by atoms with E-state index in [1.54, 1.807) is 0 Å². The molecule has 2 N–H and O–H groups in total. The highest BCUT2D eigenvalue weighted by Gasteiger charge is 1.94. The molecule has 0 aromatic rings. The van der Waals surface area contributed by atoms with Gasteiger partial charge in [-0.05, 0) is 12.8 Å². The van der Waals surface area contributed by atoms with E-state index in [4.69, 9.17) is 10.2 Å². The third kappa shape index (κ3) is 35.4. The maximum atomic E-state index is 8.69. The lowest BCUT2D eigenvalue weighted by atomic mass is 10.0. The zero-order chi connectivity index (χ0) is 22.4. The van der Waals surface area contributed by atoms with Gasteiger partial charge in [-0.3, -0.25) is 0 Å². The van der Waals surface area contributed by atoms with E-state index < -0.39 is 0 Å². The Morgan fingerprint density at radius 3 is 0.600 bits per heavy atom. The van der Waals surface area contributed by atoms with Gasteiger partial charge >= 0.3 is 0 Å².